The van der Waals surface area contributed by atoms with Crippen LogP contribution in [0.3, 0.4) is 0 Å². The Morgan fingerprint density at radius 1 is 1.05 bits per heavy atom. The van der Waals surface area contributed by atoms with E-state index in [1.807, 2.05) is 6.07 Å². The fraction of sp³-hybridized carbons (Fsp3) is 0.655. The van der Waals surface area contributed by atoms with Gasteiger partial charge in [-0.25, -0.2) is 31.7 Å². The third-order valence-corrected chi connectivity index (χ3v) is 9.25. The van der Waals surface area contributed by atoms with Gasteiger partial charge in [0.1, 0.15) is 5.69 Å². The molecule has 0 radical (unpaired) electrons. The van der Waals surface area contributed by atoms with Gasteiger partial charge >= 0.3 is 0 Å². The maximum atomic E-state index is 14.0. The smallest absolute Gasteiger partial charge is 0.276 e. The van der Waals surface area contributed by atoms with Crippen LogP contribution in [0, 0.1) is 24.7 Å². The van der Waals surface area contributed by atoms with Gasteiger partial charge in [-0.2, -0.15) is 5.10 Å². The van der Waals surface area contributed by atoms with Crippen molar-refractivity contribution in [3.05, 3.63) is 41.1 Å². The second-order valence-corrected chi connectivity index (χ2v) is 12.6. The Morgan fingerprint density at radius 3 is 2.42 bits per heavy atom. The maximum Gasteiger partial charge on any atom is 0.276 e. The molecule has 3 heterocycles. The lowest BCUT2D eigenvalue weighted by atomic mass is 9.78. The number of hydrogen-bond donors (Lipinski definition) is 2. The number of carbonyl (C=O) groups excluding carboxylic acids is 2. The van der Waals surface area contributed by atoms with Crippen molar-refractivity contribution >= 4 is 17.5 Å². The number of halogens is 4. The predicted molar refractivity (Wildman–Crippen MR) is 144 cm³/mol. The molecular weight excluding hydrogens is 570 g/mol. The molecule has 3 aliphatic rings. The molecule has 2 atom stereocenters. The van der Waals surface area contributed by atoms with E-state index in [9.17, 15) is 27.2 Å². The zero-order chi connectivity index (χ0) is 30.4. The lowest BCUT2D eigenvalue weighted by Crippen LogP contribution is -2.39. The summed E-state index contributed by atoms with van der Waals surface area (Å²) in [7, 11) is 0. The molecule has 3 aliphatic carbocycles. The molecule has 14 heteroatoms. The van der Waals surface area contributed by atoms with Crippen LogP contribution in [0.25, 0.3) is 5.65 Å². The van der Waals surface area contributed by atoms with Crippen LogP contribution in [0.2, 0.25) is 0 Å². The first-order chi connectivity index (χ1) is 20.4. The number of aryl methyl sites for hydroxylation is 1. The number of rotatable bonds is 10. The average molecular weight is 606 g/mol. The van der Waals surface area contributed by atoms with Gasteiger partial charge in [-0.1, -0.05) is 24.4 Å². The van der Waals surface area contributed by atoms with Gasteiger partial charge in [0.05, 0.1) is 30.2 Å². The number of imidazole rings is 1. The molecule has 3 aromatic heterocycles. The van der Waals surface area contributed by atoms with E-state index in [0.717, 1.165) is 24.8 Å². The molecule has 232 valence electrons. The van der Waals surface area contributed by atoms with E-state index in [-0.39, 0.29) is 74.4 Å². The van der Waals surface area contributed by atoms with Crippen molar-refractivity contribution in [1.82, 2.24) is 35.5 Å². The monoisotopic (exact) mass is 605 g/mol. The Hall–Kier alpha value is -3.58. The van der Waals surface area contributed by atoms with Gasteiger partial charge in [0, 0.05) is 32.1 Å². The Labute approximate surface area is 245 Å². The molecule has 0 bridgehead atoms. The number of hydrogen-bond acceptors (Lipinski definition) is 7. The minimum atomic E-state index is -2.74. The molecule has 2 N–H and O–H groups in total. The van der Waals surface area contributed by atoms with E-state index >= 15 is 0 Å². The van der Waals surface area contributed by atoms with Crippen LogP contribution >= 0.6 is 0 Å². The van der Waals surface area contributed by atoms with Gasteiger partial charge in [0.15, 0.2) is 11.3 Å². The summed E-state index contributed by atoms with van der Waals surface area (Å²) in [6.07, 6.45) is 6.64. The lowest BCUT2D eigenvalue weighted by molar-refractivity contribution is -0.134. The summed E-state index contributed by atoms with van der Waals surface area (Å²) >= 11 is 0. The maximum absolute atomic E-state index is 14.0. The van der Waals surface area contributed by atoms with Gasteiger partial charge in [-0.3, -0.25) is 9.59 Å². The molecule has 0 aliphatic heterocycles. The van der Waals surface area contributed by atoms with E-state index in [4.69, 9.17) is 4.98 Å². The van der Waals surface area contributed by atoms with Crippen molar-refractivity contribution in [1.29, 1.82) is 0 Å². The normalized spacial score (nSPS) is 22.0. The minimum Gasteiger partial charge on any atom is -0.349 e. The molecule has 3 aromatic rings. The van der Waals surface area contributed by atoms with Crippen LogP contribution < -0.4 is 10.6 Å². The van der Waals surface area contributed by atoms with Gasteiger partial charge in [0.2, 0.25) is 17.8 Å². The highest BCUT2D eigenvalue weighted by Gasteiger charge is 2.46. The van der Waals surface area contributed by atoms with Crippen molar-refractivity contribution in [2.45, 2.75) is 101 Å². The fourth-order valence-electron chi connectivity index (χ4n) is 6.51. The van der Waals surface area contributed by atoms with Crippen molar-refractivity contribution in [2.75, 3.05) is 0 Å². The molecule has 3 saturated carbocycles. The number of nitrogens with zero attached hydrogens (tertiary/aromatic N) is 5. The summed E-state index contributed by atoms with van der Waals surface area (Å²) in [5.74, 6) is -6.39. The van der Waals surface area contributed by atoms with Crippen molar-refractivity contribution in [2.24, 2.45) is 17.8 Å². The third-order valence-electron chi connectivity index (χ3n) is 9.25. The molecule has 0 unspecified atom stereocenters. The highest BCUT2D eigenvalue weighted by molar-refractivity contribution is 5.93. The van der Waals surface area contributed by atoms with Crippen molar-refractivity contribution in [3.8, 4) is 0 Å². The molecule has 10 nitrogen and oxygen atoms in total. The van der Waals surface area contributed by atoms with E-state index in [0.29, 0.717) is 29.4 Å². The number of alkyl halides is 4. The SMILES string of the molecule is Cc1nonc1C(=O)N[C@H](c1cn2ncc([C@H](CC3CCC3)NC(=O)CC3CC(F)(F)C3)cc2n1)C1CCC(F)(F)CC1. The van der Waals surface area contributed by atoms with E-state index < -0.39 is 23.8 Å². The molecule has 3 fully saturated rings. The highest BCUT2D eigenvalue weighted by Crippen LogP contribution is 2.44. The van der Waals surface area contributed by atoms with Crippen LogP contribution in [0.4, 0.5) is 17.6 Å². The number of fused-ring (bicyclic) bond motifs is 1. The second kappa shape index (κ2) is 11.5. The zero-order valence-corrected chi connectivity index (χ0v) is 23.9. The Bertz CT molecular complexity index is 1470. The van der Waals surface area contributed by atoms with Crippen LogP contribution in [0.5, 0.6) is 0 Å². The number of aromatic nitrogens is 5. The van der Waals surface area contributed by atoms with Gasteiger partial charge in [0.25, 0.3) is 5.91 Å². The van der Waals surface area contributed by atoms with Crippen molar-refractivity contribution < 1.29 is 31.8 Å². The fourth-order valence-corrected chi connectivity index (χ4v) is 6.51. The summed E-state index contributed by atoms with van der Waals surface area (Å²) in [6.45, 7) is 1.58. The summed E-state index contributed by atoms with van der Waals surface area (Å²) < 4.78 is 60.8. The third kappa shape index (κ3) is 6.67. The lowest BCUT2D eigenvalue weighted by Gasteiger charge is -2.35. The van der Waals surface area contributed by atoms with E-state index in [2.05, 4.69) is 30.7 Å². The first-order valence-electron chi connectivity index (χ1n) is 14.9. The number of carbonyl (C=O) groups is 2. The van der Waals surface area contributed by atoms with Crippen LogP contribution in [-0.2, 0) is 4.79 Å². The summed E-state index contributed by atoms with van der Waals surface area (Å²) in [5.41, 5.74) is 1.99. The summed E-state index contributed by atoms with van der Waals surface area (Å²) in [6, 6.07) is 0.780. The minimum absolute atomic E-state index is 0.00973. The summed E-state index contributed by atoms with van der Waals surface area (Å²) in [5, 5.41) is 17.8. The standard InChI is InChI=1S/C29H35F4N7O3/c1-16-25(39-43-38-16)27(42)37-26(19-5-7-28(30,31)8-6-19)22-15-40-23(35-22)11-20(14-34-40)21(9-17-3-2-4-17)36-24(41)10-18-12-29(32,33)13-18/h11,14-15,17-19,21,26H,2-10,12-13H2,1H3,(H,36,41)(H,37,42)/t21-,26-/m0/s1. The van der Waals surface area contributed by atoms with Gasteiger partial charge < -0.3 is 10.6 Å². The summed E-state index contributed by atoms with van der Waals surface area (Å²) in [4.78, 5) is 30.6. The van der Waals surface area contributed by atoms with Crippen LogP contribution in [0.15, 0.2) is 23.1 Å². The Kier molecular flexibility index (Phi) is 7.88. The zero-order valence-electron chi connectivity index (χ0n) is 23.9. The molecule has 6 rings (SSSR count). The molecule has 0 saturated heterocycles. The quantitative estimate of drug-likeness (QED) is 0.292. The Balaban J connectivity index is 1.24. The molecule has 2 amide bonds. The largest absolute Gasteiger partial charge is 0.349 e. The van der Waals surface area contributed by atoms with Crippen molar-refractivity contribution in [3.63, 3.8) is 0 Å². The molecule has 0 aromatic carbocycles. The molecule has 43 heavy (non-hydrogen) atoms. The topological polar surface area (TPSA) is 127 Å². The molecular formula is C29H35F4N7O3. The van der Waals surface area contributed by atoms with Gasteiger partial charge in [-0.05, 0) is 60.7 Å². The predicted octanol–water partition coefficient (Wildman–Crippen LogP) is 5.50. The van der Waals surface area contributed by atoms with E-state index in [1.165, 1.54) is 0 Å². The first-order valence-corrected chi connectivity index (χ1v) is 14.9. The van der Waals surface area contributed by atoms with Gasteiger partial charge in [-0.15, -0.1) is 0 Å². The Morgan fingerprint density at radius 2 is 1.79 bits per heavy atom. The highest BCUT2D eigenvalue weighted by atomic mass is 19.3. The van der Waals surface area contributed by atoms with Crippen LogP contribution in [0.1, 0.15) is 110 Å². The average Bonchev–Trinajstić information content (AvgIpc) is 3.53. The second-order valence-electron chi connectivity index (χ2n) is 12.6. The first kappa shape index (κ1) is 29.5. The van der Waals surface area contributed by atoms with E-state index in [1.54, 1.807) is 23.8 Å². The van der Waals surface area contributed by atoms with Crippen LogP contribution in [-0.4, -0.2) is 48.6 Å². The molecule has 0 spiro atoms. The number of amides is 2. The number of nitrogens with one attached hydrogen (secondary N) is 2.